The van der Waals surface area contributed by atoms with Crippen LogP contribution < -0.4 is 10.1 Å². The first-order chi connectivity index (χ1) is 16.3. The Labute approximate surface area is 198 Å². The summed E-state index contributed by atoms with van der Waals surface area (Å²) in [6.45, 7) is 1.83. The summed E-state index contributed by atoms with van der Waals surface area (Å²) in [7, 11) is 0. The maximum Gasteiger partial charge on any atom is 0.119 e. The topological polar surface area (TPSA) is 41.5 Å². The first-order valence-corrected chi connectivity index (χ1v) is 12.4. The van der Waals surface area contributed by atoms with E-state index in [1.165, 1.54) is 42.4 Å². The Bertz CT molecular complexity index is 919. The number of rotatable bonds is 11. The average molecular weight is 444 g/mol. The number of aliphatic hydroxyl groups is 1. The van der Waals surface area contributed by atoms with E-state index in [9.17, 15) is 5.11 Å². The molecule has 1 saturated carbocycles. The first kappa shape index (κ1) is 23.5. The van der Waals surface area contributed by atoms with Crippen molar-refractivity contribution < 1.29 is 9.84 Å². The van der Waals surface area contributed by atoms with Gasteiger partial charge in [0.25, 0.3) is 0 Å². The van der Waals surface area contributed by atoms with Crippen LogP contribution in [0, 0.1) is 5.92 Å². The highest BCUT2D eigenvalue weighted by Crippen LogP contribution is 2.36. The average Bonchev–Trinajstić information content (AvgIpc) is 2.89. The Morgan fingerprint density at radius 3 is 2.06 bits per heavy atom. The van der Waals surface area contributed by atoms with Crippen LogP contribution in [0.3, 0.4) is 0 Å². The van der Waals surface area contributed by atoms with Crippen LogP contribution in [0.15, 0.2) is 84.9 Å². The Morgan fingerprint density at radius 1 is 0.788 bits per heavy atom. The van der Waals surface area contributed by atoms with Crippen LogP contribution in [-0.4, -0.2) is 24.3 Å². The van der Waals surface area contributed by atoms with Gasteiger partial charge in [0.1, 0.15) is 12.4 Å². The summed E-state index contributed by atoms with van der Waals surface area (Å²) in [5.41, 5.74) is 3.97. The number of nitrogens with one attached hydrogen (secondary N) is 1. The first-order valence-electron chi connectivity index (χ1n) is 12.4. The molecule has 1 aliphatic carbocycles. The molecule has 1 atom stereocenters. The van der Waals surface area contributed by atoms with Gasteiger partial charge in [0.2, 0.25) is 0 Å². The van der Waals surface area contributed by atoms with Crippen LogP contribution in [0.5, 0.6) is 5.75 Å². The van der Waals surface area contributed by atoms with E-state index in [1.54, 1.807) is 0 Å². The monoisotopic (exact) mass is 443 g/mol. The Balaban J connectivity index is 1.17. The summed E-state index contributed by atoms with van der Waals surface area (Å²) in [6.07, 6.45) is 6.97. The van der Waals surface area contributed by atoms with Crippen molar-refractivity contribution in [1.29, 1.82) is 0 Å². The zero-order chi connectivity index (χ0) is 22.7. The summed E-state index contributed by atoms with van der Waals surface area (Å²) in [5, 5.41) is 13.4. The fourth-order valence-corrected chi connectivity index (χ4v) is 4.85. The molecule has 3 aromatic carbocycles. The van der Waals surface area contributed by atoms with Crippen molar-refractivity contribution in [2.45, 2.75) is 57.1 Å². The molecule has 0 saturated heterocycles. The van der Waals surface area contributed by atoms with Crippen molar-refractivity contribution >= 4 is 0 Å². The Hall–Kier alpha value is -2.62. The SMILES string of the molecule is OCC(CCc1ccccc1)NCC1CCC(c2ccc(OCc3ccccc3)cc2)CC1. The molecule has 1 aliphatic rings. The van der Waals surface area contributed by atoms with Gasteiger partial charge in [-0.15, -0.1) is 0 Å². The molecule has 1 unspecified atom stereocenters. The molecule has 0 bridgehead atoms. The summed E-state index contributed by atoms with van der Waals surface area (Å²) >= 11 is 0. The van der Waals surface area contributed by atoms with E-state index in [1.807, 2.05) is 18.2 Å². The van der Waals surface area contributed by atoms with Gasteiger partial charge >= 0.3 is 0 Å². The lowest BCUT2D eigenvalue weighted by Gasteiger charge is -2.30. The van der Waals surface area contributed by atoms with E-state index >= 15 is 0 Å². The lowest BCUT2D eigenvalue weighted by molar-refractivity contribution is 0.220. The maximum atomic E-state index is 9.78. The number of benzene rings is 3. The van der Waals surface area contributed by atoms with Crippen LogP contribution in [0.2, 0.25) is 0 Å². The zero-order valence-corrected chi connectivity index (χ0v) is 19.5. The van der Waals surface area contributed by atoms with Crippen molar-refractivity contribution in [2.75, 3.05) is 13.2 Å². The van der Waals surface area contributed by atoms with E-state index in [-0.39, 0.29) is 12.6 Å². The third-order valence-electron chi connectivity index (χ3n) is 6.99. The number of hydrogen-bond donors (Lipinski definition) is 2. The van der Waals surface area contributed by atoms with E-state index in [0.717, 1.165) is 25.1 Å². The van der Waals surface area contributed by atoms with Gasteiger partial charge in [-0.25, -0.2) is 0 Å². The largest absolute Gasteiger partial charge is 0.489 e. The molecular weight excluding hydrogens is 406 g/mol. The predicted octanol–water partition coefficient (Wildman–Crippen LogP) is 6.12. The van der Waals surface area contributed by atoms with Gasteiger partial charge in [-0.05, 0) is 85.7 Å². The molecule has 1 fully saturated rings. The van der Waals surface area contributed by atoms with E-state index in [0.29, 0.717) is 18.4 Å². The number of aliphatic hydroxyl groups excluding tert-OH is 1. The molecule has 3 nitrogen and oxygen atoms in total. The second-order valence-corrected chi connectivity index (χ2v) is 9.37. The molecule has 3 heteroatoms. The molecule has 174 valence electrons. The van der Waals surface area contributed by atoms with Gasteiger partial charge in [0.15, 0.2) is 0 Å². The fraction of sp³-hybridized carbons (Fsp3) is 0.400. The number of aryl methyl sites for hydroxylation is 1. The quantitative estimate of drug-likeness (QED) is 0.375. The van der Waals surface area contributed by atoms with Crippen LogP contribution in [-0.2, 0) is 13.0 Å². The lowest BCUT2D eigenvalue weighted by atomic mass is 9.78. The third kappa shape index (κ3) is 7.45. The third-order valence-corrected chi connectivity index (χ3v) is 6.99. The molecule has 0 spiro atoms. The highest BCUT2D eigenvalue weighted by atomic mass is 16.5. The van der Waals surface area contributed by atoms with Crippen LogP contribution >= 0.6 is 0 Å². The van der Waals surface area contributed by atoms with Gasteiger partial charge in [-0.2, -0.15) is 0 Å². The summed E-state index contributed by atoms with van der Waals surface area (Å²) in [5.74, 6) is 2.29. The Morgan fingerprint density at radius 2 is 1.42 bits per heavy atom. The minimum Gasteiger partial charge on any atom is -0.489 e. The minimum atomic E-state index is 0.186. The lowest BCUT2D eigenvalue weighted by Crippen LogP contribution is -2.37. The second kappa shape index (κ2) is 12.6. The van der Waals surface area contributed by atoms with Crippen molar-refractivity contribution in [3.63, 3.8) is 0 Å². The van der Waals surface area contributed by atoms with Crippen LogP contribution in [0.4, 0.5) is 0 Å². The minimum absolute atomic E-state index is 0.186. The summed E-state index contributed by atoms with van der Waals surface area (Å²) < 4.78 is 5.94. The second-order valence-electron chi connectivity index (χ2n) is 9.37. The molecule has 2 N–H and O–H groups in total. The van der Waals surface area contributed by atoms with Gasteiger partial charge in [-0.1, -0.05) is 72.8 Å². The van der Waals surface area contributed by atoms with Crippen molar-refractivity contribution in [1.82, 2.24) is 5.32 Å². The van der Waals surface area contributed by atoms with E-state index in [4.69, 9.17) is 4.74 Å². The molecule has 0 aliphatic heterocycles. The summed E-state index contributed by atoms with van der Waals surface area (Å²) in [4.78, 5) is 0. The van der Waals surface area contributed by atoms with Crippen molar-refractivity contribution in [2.24, 2.45) is 5.92 Å². The smallest absolute Gasteiger partial charge is 0.119 e. The van der Waals surface area contributed by atoms with Gasteiger partial charge < -0.3 is 15.2 Å². The van der Waals surface area contributed by atoms with Crippen LogP contribution in [0.25, 0.3) is 0 Å². The fourth-order valence-electron chi connectivity index (χ4n) is 4.85. The molecule has 0 heterocycles. The molecule has 0 aromatic heterocycles. The standard InChI is InChI=1S/C30H37NO2/c32-22-29(18-13-24-7-3-1-4-8-24)31-21-25-11-14-27(15-12-25)28-16-19-30(20-17-28)33-23-26-9-5-2-6-10-26/h1-10,16-17,19-20,25,27,29,31-32H,11-15,18,21-23H2. The summed E-state index contributed by atoms with van der Waals surface area (Å²) in [6, 6.07) is 29.8. The van der Waals surface area contributed by atoms with Gasteiger partial charge in [0, 0.05) is 6.04 Å². The number of ether oxygens (including phenoxy) is 1. The zero-order valence-electron chi connectivity index (χ0n) is 19.5. The van der Waals surface area contributed by atoms with Gasteiger partial charge in [0.05, 0.1) is 6.61 Å². The van der Waals surface area contributed by atoms with Gasteiger partial charge in [-0.3, -0.25) is 0 Å². The maximum absolute atomic E-state index is 9.78. The molecule has 0 radical (unpaired) electrons. The predicted molar refractivity (Wildman–Crippen MR) is 136 cm³/mol. The normalized spacial score (nSPS) is 19.2. The van der Waals surface area contributed by atoms with Crippen molar-refractivity contribution in [3.05, 3.63) is 102 Å². The molecule has 4 rings (SSSR count). The highest BCUT2D eigenvalue weighted by molar-refractivity contribution is 5.30. The van der Waals surface area contributed by atoms with Crippen LogP contribution in [0.1, 0.15) is 54.7 Å². The molecular formula is C30H37NO2. The van der Waals surface area contributed by atoms with Crippen molar-refractivity contribution in [3.8, 4) is 5.75 Å². The Kier molecular flexibility index (Phi) is 8.97. The van der Waals surface area contributed by atoms with E-state index < -0.39 is 0 Å². The van der Waals surface area contributed by atoms with E-state index in [2.05, 4.69) is 72.0 Å². The number of hydrogen-bond acceptors (Lipinski definition) is 3. The molecule has 33 heavy (non-hydrogen) atoms. The highest BCUT2D eigenvalue weighted by Gasteiger charge is 2.23. The molecule has 0 amide bonds. The molecule has 3 aromatic rings.